The van der Waals surface area contributed by atoms with E-state index >= 15 is 0 Å². The van der Waals surface area contributed by atoms with Crippen molar-refractivity contribution >= 4 is 29.0 Å². The molecule has 0 radical (unpaired) electrons. The van der Waals surface area contributed by atoms with Crippen LogP contribution < -0.4 is 0 Å². The van der Waals surface area contributed by atoms with Crippen molar-refractivity contribution in [3.8, 4) is 0 Å². The van der Waals surface area contributed by atoms with Crippen molar-refractivity contribution < 1.29 is 4.92 Å². The minimum absolute atomic E-state index is 0.203. The zero-order chi connectivity index (χ0) is 13.3. The Labute approximate surface area is 112 Å². The highest BCUT2D eigenvalue weighted by molar-refractivity contribution is 6.32. The first kappa shape index (κ1) is 12.8. The van der Waals surface area contributed by atoms with Gasteiger partial charge in [-0.05, 0) is 24.0 Å². The lowest BCUT2D eigenvalue weighted by Gasteiger charge is -2.02. The smallest absolute Gasteiger partial charge is 0.358 e. The summed E-state index contributed by atoms with van der Waals surface area (Å²) in [5.74, 6) is -0.203. The van der Waals surface area contributed by atoms with Gasteiger partial charge in [0.1, 0.15) is 11.7 Å². The maximum absolute atomic E-state index is 10.6. The summed E-state index contributed by atoms with van der Waals surface area (Å²) in [6.07, 6.45) is 0. The van der Waals surface area contributed by atoms with Crippen LogP contribution in [-0.2, 0) is 6.54 Å². The molecule has 0 saturated carbocycles. The number of pyridine rings is 1. The summed E-state index contributed by atoms with van der Waals surface area (Å²) in [5, 5.41) is 15.2. The van der Waals surface area contributed by atoms with Crippen LogP contribution in [0, 0.1) is 17.0 Å². The van der Waals surface area contributed by atoms with Gasteiger partial charge in [-0.15, -0.1) is 0 Å². The Kier molecular flexibility index (Phi) is 3.49. The van der Waals surface area contributed by atoms with E-state index in [0.29, 0.717) is 21.6 Å². The fourth-order valence-electron chi connectivity index (χ4n) is 1.45. The lowest BCUT2D eigenvalue weighted by Crippen LogP contribution is -2.06. The zero-order valence-electron chi connectivity index (χ0n) is 9.30. The summed E-state index contributed by atoms with van der Waals surface area (Å²) in [4.78, 5) is 14.1. The van der Waals surface area contributed by atoms with E-state index in [1.807, 2.05) is 0 Å². The second-order valence-electron chi connectivity index (χ2n) is 3.62. The van der Waals surface area contributed by atoms with E-state index in [2.05, 4.69) is 10.1 Å². The molecule has 0 bridgehead atoms. The third-order valence-electron chi connectivity index (χ3n) is 2.34. The zero-order valence-corrected chi connectivity index (χ0v) is 10.8. The van der Waals surface area contributed by atoms with Gasteiger partial charge in [-0.3, -0.25) is 0 Å². The minimum Gasteiger partial charge on any atom is -0.358 e. The quantitative estimate of drug-likeness (QED) is 0.494. The molecule has 2 aromatic heterocycles. The second kappa shape index (κ2) is 4.91. The van der Waals surface area contributed by atoms with Crippen LogP contribution in [0.25, 0.3) is 0 Å². The van der Waals surface area contributed by atoms with Crippen LogP contribution in [0.3, 0.4) is 0 Å². The van der Waals surface area contributed by atoms with Gasteiger partial charge in [-0.2, -0.15) is 4.68 Å². The highest BCUT2D eigenvalue weighted by Crippen LogP contribution is 2.19. The largest absolute Gasteiger partial charge is 0.390 e. The van der Waals surface area contributed by atoms with Crippen LogP contribution in [0.2, 0.25) is 10.2 Å². The molecule has 0 aliphatic rings. The number of aromatic nitrogens is 3. The molecule has 0 aliphatic carbocycles. The molecule has 2 aromatic rings. The topological polar surface area (TPSA) is 73.8 Å². The lowest BCUT2D eigenvalue weighted by atomic mass is 10.3. The predicted molar refractivity (Wildman–Crippen MR) is 67.0 cm³/mol. The molecule has 0 aromatic carbocycles. The minimum atomic E-state index is -0.545. The van der Waals surface area contributed by atoms with Crippen LogP contribution in [0.15, 0.2) is 18.2 Å². The van der Waals surface area contributed by atoms with Gasteiger partial charge in [0.25, 0.3) is 0 Å². The lowest BCUT2D eigenvalue weighted by molar-refractivity contribution is -0.389. The average Bonchev–Trinajstić information content (AvgIpc) is 2.66. The van der Waals surface area contributed by atoms with Crippen molar-refractivity contribution in [2.24, 2.45) is 0 Å². The Hall–Kier alpha value is -1.66. The van der Waals surface area contributed by atoms with Crippen LogP contribution >= 0.6 is 23.2 Å². The summed E-state index contributed by atoms with van der Waals surface area (Å²) >= 11 is 11.7. The fourth-order valence-corrected chi connectivity index (χ4v) is 1.78. The molecule has 0 atom stereocenters. The van der Waals surface area contributed by atoms with Crippen molar-refractivity contribution in [1.29, 1.82) is 0 Å². The molecular formula is C10H8Cl2N4O2. The number of aryl methyl sites for hydroxylation is 1. The fraction of sp³-hybridized carbons (Fsp3) is 0.200. The Morgan fingerprint density at radius 1 is 1.44 bits per heavy atom. The summed E-state index contributed by atoms with van der Waals surface area (Å²) in [6.45, 7) is 1.96. The molecule has 8 heteroatoms. The number of nitro groups is 1. The molecule has 0 unspecified atom stereocenters. The van der Waals surface area contributed by atoms with Gasteiger partial charge in [0.05, 0.1) is 27.6 Å². The first-order valence-corrected chi connectivity index (χ1v) is 5.72. The van der Waals surface area contributed by atoms with E-state index in [-0.39, 0.29) is 12.4 Å². The van der Waals surface area contributed by atoms with Crippen LogP contribution in [-0.4, -0.2) is 19.7 Å². The molecule has 2 heterocycles. The van der Waals surface area contributed by atoms with Crippen LogP contribution in [0.4, 0.5) is 5.82 Å². The standard InChI is InChI=1S/C10H8Cl2N4O2/c1-6-4-10(16(17)18)14-15(6)5-8-7(11)2-3-9(12)13-8/h2-4H,5H2,1H3. The SMILES string of the molecule is Cc1cc([N+](=O)[O-])nn1Cc1nc(Cl)ccc1Cl. The summed E-state index contributed by atoms with van der Waals surface area (Å²) in [7, 11) is 0. The van der Waals surface area contributed by atoms with Gasteiger partial charge in [-0.25, -0.2) is 4.98 Å². The molecule has 0 amide bonds. The van der Waals surface area contributed by atoms with Crippen LogP contribution in [0.5, 0.6) is 0 Å². The first-order chi connectivity index (χ1) is 8.47. The van der Waals surface area contributed by atoms with E-state index in [1.165, 1.54) is 10.7 Å². The normalized spacial score (nSPS) is 10.6. The summed E-state index contributed by atoms with van der Waals surface area (Å²) in [6, 6.07) is 4.59. The second-order valence-corrected chi connectivity index (χ2v) is 4.42. The predicted octanol–water partition coefficient (Wildman–Crippen LogP) is 2.85. The Morgan fingerprint density at radius 3 is 2.78 bits per heavy atom. The van der Waals surface area contributed by atoms with Crippen molar-refractivity contribution in [3.63, 3.8) is 0 Å². The first-order valence-electron chi connectivity index (χ1n) is 4.97. The third-order valence-corrected chi connectivity index (χ3v) is 2.89. The van der Waals surface area contributed by atoms with E-state index in [4.69, 9.17) is 23.2 Å². The van der Waals surface area contributed by atoms with Crippen molar-refractivity contribution in [2.75, 3.05) is 0 Å². The number of hydrogen-bond donors (Lipinski definition) is 0. The van der Waals surface area contributed by atoms with E-state index in [1.54, 1.807) is 19.1 Å². The Morgan fingerprint density at radius 2 is 2.17 bits per heavy atom. The van der Waals surface area contributed by atoms with Crippen molar-refractivity contribution in [3.05, 3.63) is 49.9 Å². The monoisotopic (exact) mass is 286 g/mol. The van der Waals surface area contributed by atoms with E-state index < -0.39 is 4.92 Å². The number of nitrogens with zero attached hydrogens (tertiary/aromatic N) is 4. The summed E-state index contributed by atoms with van der Waals surface area (Å²) < 4.78 is 1.46. The molecule has 0 fully saturated rings. The maximum Gasteiger partial charge on any atom is 0.390 e. The van der Waals surface area contributed by atoms with Gasteiger partial charge in [0.15, 0.2) is 0 Å². The van der Waals surface area contributed by atoms with Gasteiger partial charge < -0.3 is 10.1 Å². The van der Waals surface area contributed by atoms with Gasteiger partial charge in [0.2, 0.25) is 0 Å². The summed E-state index contributed by atoms with van der Waals surface area (Å²) in [5.41, 5.74) is 1.17. The average molecular weight is 287 g/mol. The molecule has 6 nitrogen and oxygen atoms in total. The highest BCUT2D eigenvalue weighted by atomic mass is 35.5. The molecule has 0 aliphatic heterocycles. The molecular weight excluding hydrogens is 279 g/mol. The Balaban J connectivity index is 2.34. The van der Waals surface area contributed by atoms with Gasteiger partial charge in [-0.1, -0.05) is 23.2 Å². The van der Waals surface area contributed by atoms with Gasteiger partial charge >= 0.3 is 5.82 Å². The van der Waals surface area contributed by atoms with Crippen molar-refractivity contribution in [2.45, 2.75) is 13.5 Å². The molecule has 18 heavy (non-hydrogen) atoms. The van der Waals surface area contributed by atoms with Gasteiger partial charge in [0, 0.05) is 0 Å². The molecule has 0 N–H and O–H groups in total. The van der Waals surface area contributed by atoms with E-state index in [0.717, 1.165) is 0 Å². The molecule has 0 spiro atoms. The van der Waals surface area contributed by atoms with E-state index in [9.17, 15) is 10.1 Å². The van der Waals surface area contributed by atoms with Crippen molar-refractivity contribution in [1.82, 2.24) is 14.8 Å². The molecule has 94 valence electrons. The number of hydrogen-bond acceptors (Lipinski definition) is 4. The molecule has 2 rings (SSSR count). The molecule has 0 saturated heterocycles. The number of halogens is 2. The number of rotatable bonds is 3. The third kappa shape index (κ3) is 2.60. The Bertz CT molecular complexity index is 612. The maximum atomic E-state index is 10.6. The highest BCUT2D eigenvalue weighted by Gasteiger charge is 2.16. The van der Waals surface area contributed by atoms with Crippen LogP contribution in [0.1, 0.15) is 11.4 Å².